The highest BCUT2D eigenvalue weighted by molar-refractivity contribution is 5.71. The number of allylic oxidation sites excluding steroid dienone is 12. The van der Waals surface area contributed by atoms with E-state index >= 15 is 0 Å². The minimum atomic E-state index is -0.790. The zero-order valence-electron chi connectivity index (χ0n) is 39.2. The minimum absolute atomic E-state index is 0.0877. The van der Waals surface area contributed by atoms with Crippen LogP contribution in [0.25, 0.3) is 0 Å². The van der Waals surface area contributed by atoms with Crippen LogP contribution in [0.2, 0.25) is 0 Å². The third-order valence-corrected chi connectivity index (χ3v) is 10.5. The first-order chi connectivity index (χ1) is 29.5. The molecule has 1 atom stereocenters. The molecule has 0 aliphatic carbocycles. The van der Waals surface area contributed by atoms with Gasteiger partial charge in [-0.2, -0.15) is 0 Å². The van der Waals surface area contributed by atoms with Gasteiger partial charge in [0.25, 0.3) is 0 Å². The van der Waals surface area contributed by atoms with Crippen LogP contribution in [0.4, 0.5) is 0 Å². The second kappa shape index (κ2) is 48.5. The molecular formula is C54H92O6. The lowest BCUT2D eigenvalue weighted by Gasteiger charge is -2.18. The van der Waals surface area contributed by atoms with Gasteiger partial charge in [0.05, 0.1) is 0 Å². The maximum Gasteiger partial charge on any atom is 0.306 e. The van der Waals surface area contributed by atoms with Crippen LogP contribution in [-0.2, 0) is 28.6 Å². The van der Waals surface area contributed by atoms with Gasteiger partial charge in [0.2, 0.25) is 0 Å². The number of hydrogen-bond acceptors (Lipinski definition) is 6. The van der Waals surface area contributed by atoms with E-state index in [-0.39, 0.29) is 31.1 Å². The Morgan fingerprint density at radius 3 is 1.02 bits per heavy atom. The van der Waals surface area contributed by atoms with Gasteiger partial charge in [-0.25, -0.2) is 0 Å². The van der Waals surface area contributed by atoms with Crippen molar-refractivity contribution in [1.29, 1.82) is 0 Å². The predicted octanol–water partition coefficient (Wildman–Crippen LogP) is 16.3. The van der Waals surface area contributed by atoms with E-state index in [4.69, 9.17) is 14.2 Å². The van der Waals surface area contributed by atoms with E-state index in [1.54, 1.807) is 0 Å². The van der Waals surface area contributed by atoms with E-state index < -0.39 is 6.10 Å². The molecule has 0 aliphatic rings. The van der Waals surface area contributed by atoms with E-state index in [0.717, 1.165) is 116 Å². The van der Waals surface area contributed by atoms with Crippen molar-refractivity contribution in [2.24, 2.45) is 0 Å². The maximum atomic E-state index is 12.8. The van der Waals surface area contributed by atoms with Gasteiger partial charge in [-0.15, -0.1) is 0 Å². The summed E-state index contributed by atoms with van der Waals surface area (Å²) in [5.41, 5.74) is 0. The molecule has 6 heteroatoms. The molecule has 0 aromatic carbocycles. The summed E-state index contributed by atoms with van der Waals surface area (Å²) in [4.78, 5) is 37.9. The Morgan fingerprint density at radius 2 is 0.650 bits per heavy atom. The molecule has 0 fully saturated rings. The molecule has 0 N–H and O–H groups in total. The zero-order valence-corrected chi connectivity index (χ0v) is 39.2. The summed E-state index contributed by atoms with van der Waals surface area (Å²) in [5, 5.41) is 0. The second-order valence-electron chi connectivity index (χ2n) is 16.3. The van der Waals surface area contributed by atoms with Gasteiger partial charge in [0.15, 0.2) is 6.10 Å². The van der Waals surface area contributed by atoms with Crippen molar-refractivity contribution in [2.45, 2.75) is 239 Å². The van der Waals surface area contributed by atoms with Crippen molar-refractivity contribution < 1.29 is 28.6 Å². The van der Waals surface area contributed by atoms with Gasteiger partial charge in [0.1, 0.15) is 13.2 Å². The topological polar surface area (TPSA) is 78.9 Å². The Kier molecular flexibility index (Phi) is 46.0. The lowest BCUT2D eigenvalue weighted by molar-refractivity contribution is -0.167. The fraction of sp³-hybridized carbons (Fsp3) is 0.722. The summed E-state index contributed by atoms with van der Waals surface area (Å²) in [6.07, 6.45) is 60.2. The van der Waals surface area contributed by atoms with E-state index in [1.807, 2.05) is 0 Å². The normalized spacial score (nSPS) is 12.7. The fourth-order valence-electron chi connectivity index (χ4n) is 6.76. The predicted molar refractivity (Wildman–Crippen MR) is 256 cm³/mol. The maximum absolute atomic E-state index is 12.8. The molecule has 0 bridgehead atoms. The van der Waals surface area contributed by atoms with Crippen molar-refractivity contribution in [3.63, 3.8) is 0 Å². The molecule has 0 aliphatic heterocycles. The van der Waals surface area contributed by atoms with E-state index in [0.29, 0.717) is 19.3 Å². The molecular weight excluding hydrogens is 745 g/mol. The first-order valence-electron chi connectivity index (χ1n) is 24.9. The van der Waals surface area contributed by atoms with Crippen molar-refractivity contribution in [1.82, 2.24) is 0 Å². The van der Waals surface area contributed by atoms with Crippen LogP contribution in [0.1, 0.15) is 233 Å². The van der Waals surface area contributed by atoms with Crippen molar-refractivity contribution in [3.05, 3.63) is 72.9 Å². The zero-order chi connectivity index (χ0) is 43.7. The quantitative estimate of drug-likeness (QED) is 0.0263. The van der Waals surface area contributed by atoms with E-state index in [2.05, 4.69) is 93.7 Å². The van der Waals surface area contributed by atoms with Gasteiger partial charge < -0.3 is 14.2 Å². The lowest BCUT2D eigenvalue weighted by Crippen LogP contribution is -2.30. The van der Waals surface area contributed by atoms with Crippen molar-refractivity contribution in [2.75, 3.05) is 13.2 Å². The molecule has 0 rings (SSSR count). The average molecular weight is 837 g/mol. The molecule has 60 heavy (non-hydrogen) atoms. The number of carbonyl (C=O) groups excluding carboxylic acids is 3. The SMILES string of the molecule is CC/C=C\C/C=C\C/C=C\CCCCCCCCC(=O)OCC(COC(=O)CCCCCCCCCCCCCC)OC(=O)CCCCCC/C=C\C/C=C\C/C=C\CC. The molecule has 0 aromatic heterocycles. The molecule has 0 saturated carbocycles. The summed E-state index contributed by atoms with van der Waals surface area (Å²) < 4.78 is 16.7. The standard InChI is InChI=1S/C54H92O6/c1-4-7-10-13-16-19-22-25-27-28-30-32-35-38-41-44-47-53(56)59-50-51(49-58-52(55)46-43-40-37-34-31-24-21-18-15-12-9-6-3)60-54(57)48-45-42-39-36-33-29-26-23-20-17-14-11-8-5-2/h7-8,10-11,16-17,19-20,25-27,29,51H,4-6,9,12-15,18,21-24,28,30-50H2,1-3H3/b10-7-,11-8-,19-16-,20-17-,27-25-,29-26-. The molecule has 0 radical (unpaired) electrons. The van der Waals surface area contributed by atoms with Crippen molar-refractivity contribution in [3.8, 4) is 0 Å². The number of unbranched alkanes of at least 4 members (excludes halogenated alkanes) is 21. The lowest BCUT2D eigenvalue weighted by atomic mass is 10.0. The highest BCUT2D eigenvalue weighted by atomic mass is 16.6. The minimum Gasteiger partial charge on any atom is -0.462 e. The molecule has 0 aromatic rings. The molecule has 0 heterocycles. The number of ether oxygens (including phenoxy) is 3. The molecule has 1 unspecified atom stereocenters. The molecule has 0 spiro atoms. The van der Waals surface area contributed by atoms with Crippen LogP contribution in [0, 0.1) is 0 Å². The van der Waals surface area contributed by atoms with Crippen molar-refractivity contribution >= 4 is 17.9 Å². The Bertz CT molecular complexity index is 1140. The van der Waals surface area contributed by atoms with Crippen LogP contribution in [0.5, 0.6) is 0 Å². The Balaban J connectivity index is 4.43. The van der Waals surface area contributed by atoms with E-state index in [1.165, 1.54) is 77.0 Å². The molecule has 0 saturated heterocycles. The Morgan fingerprint density at radius 1 is 0.350 bits per heavy atom. The average Bonchev–Trinajstić information content (AvgIpc) is 3.24. The summed E-state index contributed by atoms with van der Waals surface area (Å²) >= 11 is 0. The summed E-state index contributed by atoms with van der Waals surface area (Å²) in [7, 11) is 0. The Labute approximate surface area is 370 Å². The van der Waals surface area contributed by atoms with E-state index in [9.17, 15) is 14.4 Å². The molecule has 6 nitrogen and oxygen atoms in total. The van der Waals surface area contributed by atoms with Crippen LogP contribution < -0.4 is 0 Å². The fourth-order valence-corrected chi connectivity index (χ4v) is 6.76. The first kappa shape index (κ1) is 56.9. The summed E-state index contributed by atoms with van der Waals surface area (Å²) in [5.74, 6) is -0.923. The van der Waals surface area contributed by atoms with Gasteiger partial charge in [0, 0.05) is 19.3 Å². The van der Waals surface area contributed by atoms with Gasteiger partial charge in [-0.1, -0.05) is 203 Å². The monoisotopic (exact) mass is 837 g/mol. The first-order valence-corrected chi connectivity index (χ1v) is 24.9. The smallest absolute Gasteiger partial charge is 0.306 e. The van der Waals surface area contributed by atoms with Crippen LogP contribution in [0.3, 0.4) is 0 Å². The van der Waals surface area contributed by atoms with Crippen LogP contribution >= 0.6 is 0 Å². The van der Waals surface area contributed by atoms with Crippen LogP contribution in [0.15, 0.2) is 72.9 Å². The summed E-state index contributed by atoms with van der Waals surface area (Å²) in [6.45, 7) is 6.38. The molecule has 0 amide bonds. The summed E-state index contributed by atoms with van der Waals surface area (Å²) in [6, 6.07) is 0. The number of hydrogen-bond donors (Lipinski definition) is 0. The van der Waals surface area contributed by atoms with Gasteiger partial charge in [-0.05, 0) is 83.5 Å². The highest BCUT2D eigenvalue weighted by Crippen LogP contribution is 2.14. The number of carbonyl (C=O) groups is 3. The largest absolute Gasteiger partial charge is 0.462 e. The Hall–Kier alpha value is -3.15. The molecule has 344 valence electrons. The number of rotatable bonds is 44. The highest BCUT2D eigenvalue weighted by Gasteiger charge is 2.19. The van der Waals surface area contributed by atoms with Gasteiger partial charge in [-0.3, -0.25) is 14.4 Å². The number of esters is 3. The van der Waals surface area contributed by atoms with Crippen LogP contribution in [-0.4, -0.2) is 37.2 Å². The third-order valence-electron chi connectivity index (χ3n) is 10.5. The second-order valence-corrected chi connectivity index (χ2v) is 16.3. The third kappa shape index (κ3) is 45.9. The van der Waals surface area contributed by atoms with Gasteiger partial charge >= 0.3 is 17.9 Å².